The number of hydrogen-bond donors (Lipinski definition) is 1. The molecule has 1 N–H and O–H groups in total. The van der Waals surface area contributed by atoms with E-state index in [9.17, 15) is 5.11 Å². The molecule has 1 heterocycles. The molecule has 4 aromatic rings. The average Bonchev–Trinajstić information content (AvgIpc) is 3.07. The van der Waals surface area contributed by atoms with Gasteiger partial charge < -0.3 is 33.5 Å². The second-order valence-electron chi connectivity index (χ2n) is 10.6. The smallest absolute Gasteiger partial charge is 0.186 e. The lowest BCUT2D eigenvalue weighted by Crippen LogP contribution is -2.63. The zero-order valence-electron chi connectivity index (χ0n) is 24.4. The SMILES string of the molecule is CO[C@@H]1O[C@H]([C@@H](O)COCc2ccccc2)[C@@H](OCc2ccccc2)[C@H](OCc2ccccc2)[C@@H]1OCc1ccccc1. The Morgan fingerprint density at radius 1 is 0.558 bits per heavy atom. The highest BCUT2D eigenvalue weighted by Crippen LogP contribution is 2.32. The molecule has 6 atom stereocenters. The first-order valence-electron chi connectivity index (χ1n) is 14.7. The minimum absolute atomic E-state index is 0.0438. The Hall–Kier alpha value is -3.40. The molecule has 0 aromatic heterocycles. The minimum atomic E-state index is -1.01. The van der Waals surface area contributed by atoms with E-state index >= 15 is 0 Å². The second kappa shape index (κ2) is 16.4. The van der Waals surface area contributed by atoms with Crippen LogP contribution in [-0.4, -0.2) is 55.6 Å². The lowest BCUT2D eigenvalue weighted by atomic mass is 9.94. The number of ether oxygens (including phenoxy) is 6. The molecule has 0 saturated carbocycles. The lowest BCUT2D eigenvalue weighted by molar-refractivity contribution is -0.331. The fourth-order valence-corrected chi connectivity index (χ4v) is 5.16. The molecular formula is C36H40O7. The molecule has 7 nitrogen and oxygen atoms in total. The van der Waals surface area contributed by atoms with Crippen molar-refractivity contribution in [1.82, 2.24) is 0 Å². The van der Waals surface area contributed by atoms with Gasteiger partial charge in [-0.2, -0.15) is 0 Å². The van der Waals surface area contributed by atoms with Gasteiger partial charge in [-0.1, -0.05) is 121 Å². The molecule has 0 spiro atoms. The van der Waals surface area contributed by atoms with Gasteiger partial charge in [0.15, 0.2) is 6.29 Å². The van der Waals surface area contributed by atoms with Crippen LogP contribution in [0.25, 0.3) is 0 Å². The third-order valence-corrected chi connectivity index (χ3v) is 7.40. The topological polar surface area (TPSA) is 75.6 Å². The van der Waals surface area contributed by atoms with Crippen LogP contribution >= 0.6 is 0 Å². The highest BCUT2D eigenvalue weighted by Gasteiger charge is 2.51. The molecule has 4 aromatic carbocycles. The number of methoxy groups -OCH3 is 1. The van der Waals surface area contributed by atoms with E-state index in [0.717, 1.165) is 22.3 Å². The molecule has 7 heteroatoms. The molecule has 0 aliphatic carbocycles. The van der Waals surface area contributed by atoms with E-state index in [-0.39, 0.29) is 6.61 Å². The van der Waals surface area contributed by atoms with Crippen molar-refractivity contribution in [3.63, 3.8) is 0 Å². The van der Waals surface area contributed by atoms with E-state index in [0.29, 0.717) is 26.4 Å². The molecule has 0 unspecified atom stereocenters. The normalized spacial score (nSPS) is 22.7. The Morgan fingerprint density at radius 2 is 0.953 bits per heavy atom. The number of aliphatic hydroxyl groups is 1. The number of aliphatic hydroxyl groups excluding tert-OH is 1. The lowest BCUT2D eigenvalue weighted by Gasteiger charge is -2.46. The van der Waals surface area contributed by atoms with Crippen LogP contribution in [0.2, 0.25) is 0 Å². The summed E-state index contributed by atoms with van der Waals surface area (Å²) >= 11 is 0. The third-order valence-electron chi connectivity index (χ3n) is 7.40. The van der Waals surface area contributed by atoms with Crippen LogP contribution in [0.1, 0.15) is 22.3 Å². The Balaban J connectivity index is 1.39. The fraction of sp³-hybridized carbons (Fsp3) is 0.333. The van der Waals surface area contributed by atoms with E-state index in [1.165, 1.54) is 0 Å². The van der Waals surface area contributed by atoms with Gasteiger partial charge in [-0.3, -0.25) is 0 Å². The van der Waals surface area contributed by atoms with Gasteiger partial charge in [-0.25, -0.2) is 0 Å². The van der Waals surface area contributed by atoms with Crippen molar-refractivity contribution in [1.29, 1.82) is 0 Å². The summed E-state index contributed by atoms with van der Waals surface area (Å²) in [6.45, 7) is 1.37. The summed E-state index contributed by atoms with van der Waals surface area (Å²) in [5, 5.41) is 11.4. The Labute approximate surface area is 253 Å². The predicted molar refractivity (Wildman–Crippen MR) is 163 cm³/mol. The maximum absolute atomic E-state index is 11.4. The summed E-state index contributed by atoms with van der Waals surface area (Å²) in [5.41, 5.74) is 4.03. The summed E-state index contributed by atoms with van der Waals surface area (Å²) in [6, 6.07) is 39.6. The van der Waals surface area contributed by atoms with Crippen LogP contribution in [0.15, 0.2) is 121 Å². The highest BCUT2D eigenvalue weighted by molar-refractivity contribution is 5.16. The molecular weight excluding hydrogens is 544 g/mol. The van der Waals surface area contributed by atoms with Gasteiger partial charge in [-0.05, 0) is 22.3 Å². The molecule has 5 rings (SSSR count). The third kappa shape index (κ3) is 9.05. The van der Waals surface area contributed by atoms with Crippen LogP contribution in [0.5, 0.6) is 0 Å². The Morgan fingerprint density at radius 3 is 1.40 bits per heavy atom. The summed E-state index contributed by atoms with van der Waals surface area (Å²) in [4.78, 5) is 0. The average molecular weight is 585 g/mol. The number of hydrogen-bond acceptors (Lipinski definition) is 7. The molecule has 0 bridgehead atoms. The first-order chi connectivity index (χ1) is 21.2. The summed E-state index contributed by atoms with van der Waals surface area (Å²) in [6.07, 6.45) is -4.58. The van der Waals surface area contributed by atoms with Crippen LogP contribution < -0.4 is 0 Å². The van der Waals surface area contributed by atoms with Gasteiger partial charge in [0, 0.05) is 7.11 Å². The molecule has 1 saturated heterocycles. The molecule has 43 heavy (non-hydrogen) atoms. The maximum atomic E-state index is 11.4. The quantitative estimate of drug-likeness (QED) is 0.192. The molecule has 1 fully saturated rings. The fourth-order valence-electron chi connectivity index (χ4n) is 5.16. The summed E-state index contributed by atoms with van der Waals surface area (Å²) < 4.78 is 37.7. The van der Waals surface area contributed by atoms with Gasteiger partial charge in [0.2, 0.25) is 0 Å². The number of benzene rings is 4. The van der Waals surface area contributed by atoms with Crippen LogP contribution in [0.3, 0.4) is 0 Å². The molecule has 0 radical (unpaired) electrons. The van der Waals surface area contributed by atoms with Crippen molar-refractivity contribution >= 4 is 0 Å². The van der Waals surface area contributed by atoms with Crippen LogP contribution in [0.4, 0.5) is 0 Å². The summed E-state index contributed by atoms with van der Waals surface area (Å²) in [7, 11) is 1.57. The van der Waals surface area contributed by atoms with Gasteiger partial charge in [0.1, 0.15) is 30.5 Å². The zero-order chi connectivity index (χ0) is 29.7. The van der Waals surface area contributed by atoms with Crippen molar-refractivity contribution in [3.05, 3.63) is 144 Å². The predicted octanol–water partition coefficient (Wildman–Crippen LogP) is 5.69. The van der Waals surface area contributed by atoms with E-state index in [1.54, 1.807) is 7.11 Å². The van der Waals surface area contributed by atoms with Crippen molar-refractivity contribution in [3.8, 4) is 0 Å². The van der Waals surface area contributed by atoms with Gasteiger partial charge >= 0.3 is 0 Å². The first-order valence-corrected chi connectivity index (χ1v) is 14.7. The van der Waals surface area contributed by atoms with Crippen LogP contribution in [-0.2, 0) is 54.8 Å². The maximum Gasteiger partial charge on any atom is 0.186 e. The minimum Gasteiger partial charge on any atom is -0.388 e. The highest BCUT2D eigenvalue weighted by atomic mass is 16.7. The molecule has 1 aliphatic heterocycles. The van der Waals surface area contributed by atoms with E-state index < -0.39 is 36.8 Å². The standard InChI is InChI=1S/C36H40O7/c1-38-36-35(42-25-30-20-12-5-13-21-30)34(41-24-29-18-10-4-11-19-29)33(40-23-28-16-8-3-9-17-28)32(43-36)31(37)26-39-22-27-14-6-2-7-15-27/h2-21,31-37H,22-26H2,1H3/t31-,32+,33+,34-,35-,36+/m0/s1. The largest absolute Gasteiger partial charge is 0.388 e. The van der Waals surface area contributed by atoms with Crippen molar-refractivity contribution in [2.24, 2.45) is 0 Å². The van der Waals surface area contributed by atoms with Gasteiger partial charge in [0.25, 0.3) is 0 Å². The van der Waals surface area contributed by atoms with E-state index in [2.05, 4.69) is 0 Å². The zero-order valence-corrected chi connectivity index (χ0v) is 24.4. The van der Waals surface area contributed by atoms with Gasteiger partial charge in [-0.15, -0.1) is 0 Å². The van der Waals surface area contributed by atoms with Crippen molar-refractivity contribution in [2.45, 2.75) is 63.2 Å². The summed E-state index contributed by atoms with van der Waals surface area (Å²) in [5.74, 6) is 0. The Bertz CT molecular complexity index is 1310. The molecule has 0 amide bonds. The molecule has 1 aliphatic rings. The Kier molecular flexibility index (Phi) is 11.9. The van der Waals surface area contributed by atoms with Crippen molar-refractivity contribution < 1.29 is 33.5 Å². The second-order valence-corrected chi connectivity index (χ2v) is 10.6. The van der Waals surface area contributed by atoms with Gasteiger partial charge in [0.05, 0.1) is 33.0 Å². The monoisotopic (exact) mass is 584 g/mol. The molecule has 226 valence electrons. The van der Waals surface area contributed by atoms with Crippen LogP contribution in [0, 0.1) is 0 Å². The van der Waals surface area contributed by atoms with E-state index in [1.807, 2.05) is 121 Å². The van der Waals surface area contributed by atoms with Crippen molar-refractivity contribution in [2.75, 3.05) is 13.7 Å². The van der Waals surface area contributed by atoms with E-state index in [4.69, 9.17) is 28.4 Å². The number of rotatable bonds is 15. The first kappa shape index (κ1) is 31.0.